The van der Waals surface area contributed by atoms with Crippen LogP contribution in [0.5, 0.6) is 0 Å². The third-order valence-electron chi connectivity index (χ3n) is 4.75. The number of benzene rings is 2. The lowest BCUT2D eigenvalue weighted by Crippen LogP contribution is -2.18. The van der Waals surface area contributed by atoms with Crippen LogP contribution in [0.3, 0.4) is 0 Å². The van der Waals surface area contributed by atoms with Gasteiger partial charge in [0.15, 0.2) is 0 Å². The minimum Gasteiger partial charge on any atom is -0.347 e. The average Bonchev–Trinajstić information content (AvgIpc) is 3.08. The average molecular weight is 374 g/mol. The number of anilines is 1. The maximum atomic E-state index is 12.7. The Labute approximate surface area is 162 Å². The molecule has 0 saturated carbocycles. The molecule has 142 valence electrons. The van der Waals surface area contributed by atoms with E-state index in [1.165, 1.54) is 0 Å². The quantitative estimate of drug-likeness (QED) is 0.559. The van der Waals surface area contributed by atoms with Crippen LogP contribution in [0.25, 0.3) is 21.7 Å². The number of rotatable bonds is 5. The minimum atomic E-state index is -0.254. The number of aromatic amines is 1. The number of carbonyl (C=O) groups is 1. The molecule has 0 aliphatic heterocycles. The number of nitrogens with zero attached hydrogens (tertiary/aromatic N) is 2. The molecule has 0 unspecified atom stereocenters. The molecule has 28 heavy (non-hydrogen) atoms. The Morgan fingerprint density at radius 1 is 1.07 bits per heavy atom. The van der Waals surface area contributed by atoms with Gasteiger partial charge in [0.1, 0.15) is 0 Å². The van der Waals surface area contributed by atoms with Gasteiger partial charge in [0.25, 0.3) is 5.56 Å². The van der Waals surface area contributed by atoms with Crippen LogP contribution in [0.4, 0.5) is 5.69 Å². The lowest BCUT2D eigenvalue weighted by molar-refractivity contribution is -0.115. The molecule has 2 heterocycles. The fourth-order valence-electron chi connectivity index (χ4n) is 3.54. The number of hydrogen-bond acceptors (Lipinski definition) is 3. The Hall–Kier alpha value is -3.41. The summed E-state index contributed by atoms with van der Waals surface area (Å²) < 4.78 is 2.20. The highest BCUT2D eigenvalue weighted by molar-refractivity contribution is 6.02. The van der Waals surface area contributed by atoms with E-state index >= 15 is 0 Å². The van der Waals surface area contributed by atoms with Gasteiger partial charge in [-0.15, -0.1) is 0 Å². The van der Waals surface area contributed by atoms with Crippen LogP contribution >= 0.6 is 0 Å². The van der Waals surface area contributed by atoms with Gasteiger partial charge in [0.2, 0.25) is 5.91 Å². The second kappa shape index (κ2) is 7.31. The molecule has 0 spiro atoms. The van der Waals surface area contributed by atoms with E-state index in [0.29, 0.717) is 22.4 Å². The van der Waals surface area contributed by atoms with Crippen molar-refractivity contribution in [1.82, 2.24) is 14.8 Å². The number of H-pyrrole nitrogens is 1. The van der Waals surface area contributed by atoms with Gasteiger partial charge in [-0.1, -0.05) is 38.1 Å². The number of amides is 1. The molecule has 0 radical (unpaired) electrons. The van der Waals surface area contributed by atoms with Crippen LogP contribution in [-0.2, 0) is 17.8 Å². The van der Waals surface area contributed by atoms with Gasteiger partial charge in [-0.2, -0.15) is 5.10 Å². The minimum absolute atomic E-state index is 0.0837. The number of fused-ring (bicyclic) bond motifs is 2. The van der Waals surface area contributed by atoms with E-state index in [0.717, 1.165) is 23.1 Å². The third kappa shape index (κ3) is 3.41. The standard InChI is InChI=1S/C22H22N4O2/c1-14(2)13-26-11-10-17-18(8-5-9-20(17)26)23-21(27)12-19-15-6-3-4-7-16(15)22(28)25-24-19/h3-11,14H,12-13H2,1-2H3,(H,23,27)(H,25,28). The first-order valence-electron chi connectivity index (χ1n) is 9.37. The molecule has 6 nitrogen and oxygen atoms in total. The van der Waals surface area contributed by atoms with Gasteiger partial charge in [0.05, 0.1) is 28.7 Å². The molecule has 2 aromatic carbocycles. The molecule has 0 aliphatic rings. The van der Waals surface area contributed by atoms with E-state index in [2.05, 4.69) is 46.2 Å². The van der Waals surface area contributed by atoms with Gasteiger partial charge >= 0.3 is 0 Å². The molecule has 4 rings (SSSR count). The van der Waals surface area contributed by atoms with Crippen molar-refractivity contribution < 1.29 is 4.79 Å². The van der Waals surface area contributed by atoms with Crippen LogP contribution in [-0.4, -0.2) is 20.7 Å². The fourth-order valence-corrected chi connectivity index (χ4v) is 3.54. The van der Waals surface area contributed by atoms with Crippen molar-refractivity contribution >= 4 is 33.3 Å². The summed E-state index contributed by atoms with van der Waals surface area (Å²) in [7, 11) is 0. The molecular weight excluding hydrogens is 352 g/mol. The van der Waals surface area contributed by atoms with Crippen LogP contribution < -0.4 is 10.9 Å². The van der Waals surface area contributed by atoms with Crippen molar-refractivity contribution in [2.24, 2.45) is 5.92 Å². The monoisotopic (exact) mass is 374 g/mol. The summed E-state index contributed by atoms with van der Waals surface area (Å²) in [6, 6.07) is 15.1. The van der Waals surface area contributed by atoms with Gasteiger partial charge in [-0.3, -0.25) is 9.59 Å². The Balaban J connectivity index is 1.61. The maximum absolute atomic E-state index is 12.7. The summed E-state index contributed by atoms with van der Waals surface area (Å²) in [6.45, 7) is 5.28. The van der Waals surface area contributed by atoms with Gasteiger partial charge in [-0.25, -0.2) is 5.10 Å². The van der Waals surface area contributed by atoms with Crippen LogP contribution in [0.1, 0.15) is 19.5 Å². The normalized spacial score (nSPS) is 11.4. The Bertz CT molecular complexity index is 1220. The highest BCUT2D eigenvalue weighted by Crippen LogP contribution is 2.25. The summed E-state index contributed by atoms with van der Waals surface area (Å²) in [5, 5.41) is 11.8. The number of carbonyl (C=O) groups excluding carboxylic acids is 1. The van der Waals surface area contributed by atoms with Gasteiger partial charge in [-0.05, 0) is 30.2 Å². The van der Waals surface area contributed by atoms with Gasteiger partial charge < -0.3 is 9.88 Å². The molecule has 0 saturated heterocycles. The van der Waals surface area contributed by atoms with E-state index in [-0.39, 0.29) is 17.9 Å². The highest BCUT2D eigenvalue weighted by Gasteiger charge is 2.13. The first-order chi connectivity index (χ1) is 13.5. The zero-order chi connectivity index (χ0) is 19.7. The van der Waals surface area contributed by atoms with E-state index < -0.39 is 0 Å². The first kappa shape index (κ1) is 18.0. The summed E-state index contributed by atoms with van der Waals surface area (Å²) >= 11 is 0. The molecule has 2 N–H and O–H groups in total. The summed E-state index contributed by atoms with van der Waals surface area (Å²) in [5.41, 5.74) is 2.17. The molecule has 0 aliphatic carbocycles. The van der Waals surface area contributed by atoms with Crippen molar-refractivity contribution in [3.63, 3.8) is 0 Å². The lowest BCUT2D eigenvalue weighted by atomic mass is 10.1. The molecule has 6 heteroatoms. The smallest absolute Gasteiger partial charge is 0.272 e. The maximum Gasteiger partial charge on any atom is 0.272 e. The van der Waals surface area contributed by atoms with Crippen molar-refractivity contribution in [2.45, 2.75) is 26.8 Å². The first-order valence-corrected chi connectivity index (χ1v) is 9.37. The molecule has 4 aromatic rings. The fraction of sp³-hybridized carbons (Fsp3) is 0.227. The van der Waals surface area contributed by atoms with Gasteiger partial charge in [0, 0.05) is 23.5 Å². The molecule has 2 aromatic heterocycles. The number of nitrogens with one attached hydrogen (secondary N) is 2. The van der Waals surface area contributed by atoms with E-state index in [1.807, 2.05) is 30.3 Å². The zero-order valence-corrected chi connectivity index (χ0v) is 15.9. The second-order valence-corrected chi connectivity index (χ2v) is 7.37. The highest BCUT2D eigenvalue weighted by atomic mass is 16.1. The Kier molecular flexibility index (Phi) is 4.69. The third-order valence-corrected chi connectivity index (χ3v) is 4.75. The van der Waals surface area contributed by atoms with Crippen LogP contribution in [0, 0.1) is 5.92 Å². The SMILES string of the molecule is CC(C)Cn1ccc2c(NC(=O)Cc3n[nH]c(=O)c4ccccc34)cccc21. The summed E-state index contributed by atoms with van der Waals surface area (Å²) in [5.74, 6) is 0.363. The largest absolute Gasteiger partial charge is 0.347 e. The summed E-state index contributed by atoms with van der Waals surface area (Å²) in [6.07, 6.45) is 2.14. The molecule has 0 fully saturated rings. The lowest BCUT2D eigenvalue weighted by Gasteiger charge is -2.10. The van der Waals surface area contributed by atoms with Crippen molar-refractivity contribution in [3.05, 3.63) is 70.8 Å². The van der Waals surface area contributed by atoms with Crippen LogP contribution in [0.15, 0.2) is 59.5 Å². The molecular formula is C22H22N4O2. The molecule has 0 bridgehead atoms. The van der Waals surface area contributed by atoms with Crippen molar-refractivity contribution in [3.8, 4) is 0 Å². The zero-order valence-electron chi connectivity index (χ0n) is 15.9. The molecule has 0 atom stereocenters. The van der Waals surface area contributed by atoms with E-state index in [9.17, 15) is 9.59 Å². The van der Waals surface area contributed by atoms with Crippen LogP contribution in [0.2, 0.25) is 0 Å². The van der Waals surface area contributed by atoms with Crippen molar-refractivity contribution in [1.29, 1.82) is 0 Å². The predicted molar refractivity (Wildman–Crippen MR) is 111 cm³/mol. The molecule has 1 amide bonds. The number of aromatic nitrogens is 3. The number of hydrogen-bond donors (Lipinski definition) is 2. The Morgan fingerprint density at radius 3 is 2.64 bits per heavy atom. The Morgan fingerprint density at radius 2 is 1.86 bits per heavy atom. The second-order valence-electron chi connectivity index (χ2n) is 7.37. The topological polar surface area (TPSA) is 79.8 Å². The van der Waals surface area contributed by atoms with E-state index in [1.54, 1.807) is 12.1 Å². The van der Waals surface area contributed by atoms with E-state index in [4.69, 9.17) is 0 Å². The summed E-state index contributed by atoms with van der Waals surface area (Å²) in [4.78, 5) is 24.6. The predicted octanol–water partition coefficient (Wildman–Crippen LogP) is 3.72. The van der Waals surface area contributed by atoms with Crippen molar-refractivity contribution in [2.75, 3.05) is 5.32 Å².